The van der Waals surface area contributed by atoms with Crippen LogP contribution in [-0.2, 0) is 14.4 Å². The van der Waals surface area contributed by atoms with Crippen molar-refractivity contribution in [1.29, 1.82) is 0 Å². The van der Waals surface area contributed by atoms with Gasteiger partial charge in [0, 0.05) is 5.56 Å². The maximum Gasteiger partial charge on any atom is 0.266 e. The minimum absolute atomic E-state index is 0.329. The highest BCUT2D eigenvalue weighted by atomic mass is 35.5. The fraction of sp³-hybridized carbons (Fsp3) is 0.143. The number of anilines is 2. The molecule has 0 bridgehead atoms. The average Bonchev–Trinajstić information content (AvgIpc) is 3.58. The van der Waals surface area contributed by atoms with Crippen LogP contribution < -0.4 is 9.96 Å². The molecule has 2 amide bonds. The van der Waals surface area contributed by atoms with E-state index < -0.39 is 24.0 Å². The molecule has 2 fully saturated rings. The maximum atomic E-state index is 13.7. The van der Waals surface area contributed by atoms with Gasteiger partial charge >= 0.3 is 0 Å². The molecule has 0 radical (unpaired) electrons. The minimum atomic E-state index is -0.970. The fourth-order valence-electron chi connectivity index (χ4n) is 4.77. The number of rotatable bonds is 4. The van der Waals surface area contributed by atoms with Crippen LogP contribution in [0.2, 0.25) is 10.0 Å². The zero-order valence-electron chi connectivity index (χ0n) is 19.1. The normalized spacial score (nSPS) is 21.4. The van der Waals surface area contributed by atoms with Gasteiger partial charge in [0.05, 0.1) is 21.4 Å². The molecule has 6 nitrogen and oxygen atoms in total. The molecule has 36 heavy (non-hydrogen) atoms. The Kier molecular flexibility index (Phi) is 5.60. The minimum Gasteiger partial charge on any atom is -0.459 e. The first-order valence-electron chi connectivity index (χ1n) is 11.4. The molecule has 0 N–H and O–H groups in total. The van der Waals surface area contributed by atoms with E-state index in [1.807, 2.05) is 61.5 Å². The summed E-state index contributed by atoms with van der Waals surface area (Å²) in [7, 11) is 0. The molecule has 6 rings (SSSR count). The Hall–Kier alpha value is -3.58. The number of para-hydroxylation sites is 1. The van der Waals surface area contributed by atoms with E-state index >= 15 is 0 Å². The van der Waals surface area contributed by atoms with Crippen LogP contribution >= 0.6 is 23.2 Å². The van der Waals surface area contributed by atoms with Crippen molar-refractivity contribution in [3.05, 3.63) is 106 Å². The van der Waals surface area contributed by atoms with Crippen molar-refractivity contribution in [1.82, 2.24) is 0 Å². The number of imide groups is 1. The number of amides is 2. The second kappa shape index (κ2) is 8.82. The summed E-state index contributed by atoms with van der Waals surface area (Å²) in [6.07, 6.45) is -0.970. The van der Waals surface area contributed by atoms with Crippen molar-refractivity contribution >= 4 is 46.4 Å². The quantitative estimate of drug-likeness (QED) is 0.284. The number of carbonyl (C=O) groups excluding carboxylic acids is 2. The van der Waals surface area contributed by atoms with Gasteiger partial charge in [0.2, 0.25) is 5.91 Å². The predicted molar refractivity (Wildman–Crippen MR) is 138 cm³/mol. The molecule has 3 heterocycles. The molecule has 3 aromatic carbocycles. The van der Waals surface area contributed by atoms with E-state index in [0.717, 1.165) is 11.1 Å². The molecule has 1 aromatic heterocycles. The van der Waals surface area contributed by atoms with Crippen molar-refractivity contribution in [2.24, 2.45) is 5.92 Å². The standard InChI is InChI=1S/C28H20Cl2N2O4/c1-16-7-10-18(11-8-16)31-27(33)24-25(32(36-26(24)28(31)34)19-5-3-2-4-6-19)23-14-13-22(35-23)17-9-12-20(29)21(30)15-17/h2-15,24-26H,1H3/t24-,25+,26-/m0/s1. The van der Waals surface area contributed by atoms with Gasteiger partial charge in [0.25, 0.3) is 5.91 Å². The number of hydrogen-bond donors (Lipinski definition) is 0. The highest BCUT2D eigenvalue weighted by molar-refractivity contribution is 6.42. The molecule has 0 aliphatic carbocycles. The van der Waals surface area contributed by atoms with Crippen LogP contribution in [0, 0.1) is 12.8 Å². The van der Waals surface area contributed by atoms with Crippen LogP contribution in [0.15, 0.2) is 89.3 Å². The summed E-state index contributed by atoms with van der Waals surface area (Å²) in [6, 6.07) is 24.8. The van der Waals surface area contributed by atoms with Gasteiger partial charge in [-0.1, -0.05) is 59.1 Å². The number of hydrogen-bond acceptors (Lipinski definition) is 5. The first kappa shape index (κ1) is 22.9. The first-order valence-corrected chi connectivity index (χ1v) is 12.2. The number of aryl methyl sites for hydroxylation is 1. The van der Waals surface area contributed by atoms with Gasteiger partial charge in [-0.05, 0) is 61.5 Å². The lowest BCUT2D eigenvalue weighted by atomic mass is 9.94. The van der Waals surface area contributed by atoms with E-state index in [0.29, 0.717) is 32.9 Å². The van der Waals surface area contributed by atoms with Gasteiger partial charge in [-0.3, -0.25) is 14.4 Å². The van der Waals surface area contributed by atoms with E-state index in [1.54, 1.807) is 35.4 Å². The van der Waals surface area contributed by atoms with E-state index in [2.05, 4.69) is 0 Å². The largest absolute Gasteiger partial charge is 0.459 e. The summed E-state index contributed by atoms with van der Waals surface area (Å²) in [5.74, 6) is -0.448. The second-order valence-electron chi connectivity index (χ2n) is 8.84. The van der Waals surface area contributed by atoms with Gasteiger partial charge in [0.1, 0.15) is 23.5 Å². The SMILES string of the molecule is Cc1ccc(N2C(=O)[C@@H]3[C@H](ON(c4ccccc4)[C@@H]3c3ccc(-c4ccc(Cl)c(Cl)c4)o3)C2=O)cc1. The van der Waals surface area contributed by atoms with Crippen LogP contribution in [0.25, 0.3) is 11.3 Å². The number of nitrogens with zero attached hydrogens (tertiary/aromatic N) is 2. The Morgan fingerprint density at radius 3 is 2.25 bits per heavy atom. The van der Waals surface area contributed by atoms with E-state index in [9.17, 15) is 9.59 Å². The zero-order valence-corrected chi connectivity index (χ0v) is 20.6. The Morgan fingerprint density at radius 2 is 1.53 bits per heavy atom. The van der Waals surface area contributed by atoms with Crippen molar-refractivity contribution in [2.75, 3.05) is 9.96 Å². The molecule has 2 saturated heterocycles. The van der Waals surface area contributed by atoms with E-state index in [1.165, 1.54) is 4.90 Å². The van der Waals surface area contributed by atoms with Crippen LogP contribution in [0.1, 0.15) is 17.4 Å². The summed E-state index contributed by atoms with van der Waals surface area (Å²) in [4.78, 5) is 34.5. The fourth-order valence-corrected chi connectivity index (χ4v) is 5.06. The summed E-state index contributed by atoms with van der Waals surface area (Å²) >= 11 is 12.3. The Morgan fingerprint density at radius 1 is 0.778 bits per heavy atom. The maximum absolute atomic E-state index is 13.7. The van der Waals surface area contributed by atoms with Crippen molar-refractivity contribution < 1.29 is 18.8 Å². The third-order valence-corrected chi connectivity index (χ3v) is 7.28. The smallest absolute Gasteiger partial charge is 0.266 e. The Bertz CT molecular complexity index is 1470. The van der Waals surface area contributed by atoms with Gasteiger partial charge in [-0.15, -0.1) is 0 Å². The molecule has 3 atom stereocenters. The molecule has 0 unspecified atom stereocenters. The van der Waals surface area contributed by atoms with Crippen molar-refractivity contribution in [2.45, 2.75) is 19.1 Å². The Balaban J connectivity index is 1.41. The van der Waals surface area contributed by atoms with E-state index in [-0.39, 0.29) is 5.91 Å². The first-order chi connectivity index (χ1) is 17.4. The predicted octanol–water partition coefficient (Wildman–Crippen LogP) is 6.61. The van der Waals surface area contributed by atoms with Gasteiger partial charge in [0.15, 0.2) is 6.10 Å². The zero-order chi connectivity index (χ0) is 25.0. The summed E-state index contributed by atoms with van der Waals surface area (Å²) in [6.45, 7) is 1.95. The van der Waals surface area contributed by atoms with Crippen LogP contribution in [0.3, 0.4) is 0 Å². The summed E-state index contributed by atoms with van der Waals surface area (Å²) in [5, 5.41) is 2.46. The average molecular weight is 519 g/mol. The second-order valence-corrected chi connectivity index (χ2v) is 9.65. The molecule has 0 saturated carbocycles. The monoisotopic (exact) mass is 518 g/mol. The number of benzene rings is 3. The number of carbonyl (C=O) groups is 2. The lowest BCUT2D eigenvalue weighted by Crippen LogP contribution is -2.37. The molecule has 180 valence electrons. The van der Waals surface area contributed by atoms with Crippen molar-refractivity contribution in [3.63, 3.8) is 0 Å². The third kappa shape index (κ3) is 3.69. The number of furan rings is 1. The van der Waals surface area contributed by atoms with Crippen LogP contribution in [0.4, 0.5) is 11.4 Å². The number of halogens is 2. The van der Waals surface area contributed by atoms with Crippen molar-refractivity contribution in [3.8, 4) is 11.3 Å². The molecule has 8 heteroatoms. The topological polar surface area (TPSA) is 63.0 Å². The third-order valence-electron chi connectivity index (χ3n) is 6.54. The number of fused-ring (bicyclic) bond motifs is 1. The summed E-state index contributed by atoms with van der Waals surface area (Å²) < 4.78 is 6.24. The Labute approximate surface area is 217 Å². The van der Waals surface area contributed by atoms with Gasteiger partial charge in [-0.25, -0.2) is 9.96 Å². The molecule has 2 aliphatic heterocycles. The van der Waals surface area contributed by atoms with Crippen LogP contribution in [0.5, 0.6) is 0 Å². The lowest BCUT2D eigenvalue weighted by Gasteiger charge is -2.27. The molecule has 4 aromatic rings. The lowest BCUT2D eigenvalue weighted by molar-refractivity contribution is -0.126. The number of hydroxylamine groups is 1. The highest BCUT2D eigenvalue weighted by Crippen LogP contribution is 2.48. The summed E-state index contributed by atoms with van der Waals surface area (Å²) in [5.41, 5.74) is 3.02. The molecule has 2 aliphatic rings. The van der Waals surface area contributed by atoms with Crippen LogP contribution in [-0.4, -0.2) is 17.9 Å². The van der Waals surface area contributed by atoms with E-state index in [4.69, 9.17) is 32.5 Å². The van der Waals surface area contributed by atoms with Gasteiger partial charge in [-0.2, -0.15) is 0 Å². The molecular formula is C28H20Cl2N2O4. The molecule has 0 spiro atoms. The highest BCUT2D eigenvalue weighted by Gasteiger charge is 2.61. The van der Waals surface area contributed by atoms with Gasteiger partial charge < -0.3 is 4.42 Å². The molecular weight excluding hydrogens is 499 g/mol.